The minimum atomic E-state index is -0.0330. The summed E-state index contributed by atoms with van der Waals surface area (Å²) < 4.78 is 10.7. The topological polar surface area (TPSA) is 77.2 Å². The number of nitrogens with zero attached hydrogens (tertiary/aromatic N) is 2. The standard InChI is InChI=1S/C16H19N3O3S/c20-15(17-13-4-2-1-3-5-13)11-23-10-14-18-16(22-19-14)12-6-8-21-9-7-12/h1-5,12H,6-11H2,(H,17,20). The zero-order chi connectivity index (χ0) is 15.9. The van der Waals surface area contributed by atoms with Crippen LogP contribution in [0.25, 0.3) is 0 Å². The maximum absolute atomic E-state index is 11.8. The lowest BCUT2D eigenvalue weighted by Gasteiger charge is -2.17. The molecule has 1 fully saturated rings. The fourth-order valence-electron chi connectivity index (χ4n) is 2.39. The number of carbonyl (C=O) groups is 1. The lowest BCUT2D eigenvalue weighted by Crippen LogP contribution is -2.14. The summed E-state index contributed by atoms with van der Waals surface area (Å²) in [6.45, 7) is 1.49. The molecule has 0 saturated carbocycles. The smallest absolute Gasteiger partial charge is 0.234 e. The van der Waals surface area contributed by atoms with Crippen molar-refractivity contribution in [2.45, 2.75) is 24.5 Å². The van der Waals surface area contributed by atoms with Crippen molar-refractivity contribution in [2.75, 3.05) is 24.3 Å². The van der Waals surface area contributed by atoms with Crippen LogP contribution in [0.1, 0.15) is 30.5 Å². The van der Waals surface area contributed by atoms with Gasteiger partial charge in [-0.05, 0) is 25.0 Å². The van der Waals surface area contributed by atoms with E-state index in [1.807, 2.05) is 30.3 Å². The Labute approximate surface area is 139 Å². The fraction of sp³-hybridized carbons (Fsp3) is 0.438. The number of ether oxygens (including phenoxy) is 1. The molecule has 1 aromatic heterocycles. The normalized spacial score (nSPS) is 15.5. The van der Waals surface area contributed by atoms with E-state index in [0.717, 1.165) is 31.7 Å². The molecular formula is C16H19N3O3S. The molecule has 122 valence electrons. The summed E-state index contributed by atoms with van der Waals surface area (Å²) in [7, 11) is 0. The molecule has 0 unspecified atom stereocenters. The second kappa shape index (κ2) is 8.12. The van der Waals surface area contributed by atoms with Gasteiger partial charge in [0.05, 0.1) is 11.5 Å². The Morgan fingerprint density at radius 2 is 2.04 bits per heavy atom. The highest BCUT2D eigenvalue weighted by Gasteiger charge is 2.21. The molecule has 23 heavy (non-hydrogen) atoms. The molecule has 0 atom stereocenters. The zero-order valence-corrected chi connectivity index (χ0v) is 13.6. The average Bonchev–Trinajstić information content (AvgIpc) is 3.05. The molecule has 1 aliphatic rings. The summed E-state index contributed by atoms with van der Waals surface area (Å²) in [6.07, 6.45) is 1.85. The maximum Gasteiger partial charge on any atom is 0.234 e. The van der Waals surface area contributed by atoms with Crippen molar-refractivity contribution in [2.24, 2.45) is 0 Å². The highest BCUT2D eigenvalue weighted by molar-refractivity contribution is 7.99. The van der Waals surface area contributed by atoms with E-state index < -0.39 is 0 Å². The Morgan fingerprint density at radius 3 is 2.83 bits per heavy atom. The average molecular weight is 333 g/mol. The van der Waals surface area contributed by atoms with Gasteiger partial charge in [-0.25, -0.2) is 0 Å². The maximum atomic E-state index is 11.8. The lowest BCUT2D eigenvalue weighted by molar-refractivity contribution is -0.113. The molecule has 1 aromatic carbocycles. The molecule has 0 aliphatic carbocycles. The number of para-hydroxylation sites is 1. The number of amides is 1. The summed E-state index contributed by atoms with van der Waals surface area (Å²) in [6, 6.07) is 9.42. The van der Waals surface area contributed by atoms with Crippen LogP contribution >= 0.6 is 11.8 Å². The molecule has 2 aromatic rings. The third-order valence-corrected chi connectivity index (χ3v) is 4.50. The van der Waals surface area contributed by atoms with E-state index in [4.69, 9.17) is 9.26 Å². The number of anilines is 1. The van der Waals surface area contributed by atoms with Gasteiger partial charge in [0.15, 0.2) is 5.82 Å². The first-order valence-electron chi connectivity index (χ1n) is 7.64. The van der Waals surface area contributed by atoms with Crippen molar-refractivity contribution in [3.8, 4) is 0 Å². The van der Waals surface area contributed by atoms with Crippen LogP contribution in [0, 0.1) is 0 Å². The number of hydrogen-bond donors (Lipinski definition) is 1. The minimum absolute atomic E-state index is 0.0330. The second-order valence-electron chi connectivity index (χ2n) is 5.34. The van der Waals surface area contributed by atoms with Crippen molar-refractivity contribution in [1.29, 1.82) is 0 Å². The predicted octanol–water partition coefficient (Wildman–Crippen LogP) is 2.84. The Balaban J connectivity index is 1.42. The van der Waals surface area contributed by atoms with Crippen LogP contribution in [0.3, 0.4) is 0 Å². The van der Waals surface area contributed by atoms with Gasteiger partial charge in [-0.2, -0.15) is 4.98 Å². The lowest BCUT2D eigenvalue weighted by atomic mass is 10.0. The fourth-order valence-corrected chi connectivity index (χ4v) is 3.05. The molecule has 0 bridgehead atoms. The van der Waals surface area contributed by atoms with E-state index in [2.05, 4.69) is 15.5 Å². The summed E-state index contributed by atoms with van der Waals surface area (Å²) >= 11 is 1.47. The first-order valence-corrected chi connectivity index (χ1v) is 8.79. The zero-order valence-electron chi connectivity index (χ0n) is 12.7. The van der Waals surface area contributed by atoms with Crippen LogP contribution in [0.2, 0.25) is 0 Å². The highest BCUT2D eigenvalue weighted by Crippen LogP contribution is 2.25. The monoisotopic (exact) mass is 333 g/mol. The van der Waals surface area contributed by atoms with Gasteiger partial charge in [-0.1, -0.05) is 23.4 Å². The predicted molar refractivity (Wildman–Crippen MR) is 88.3 cm³/mol. The van der Waals surface area contributed by atoms with E-state index in [9.17, 15) is 4.79 Å². The number of hydrogen-bond acceptors (Lipinski definition) is 6. The molecule has 1 aliphatic heterocycles. The molecule has 0 radical (unpaired) electrons. The van der Waals surface area contributed by atoms with Gasteiger partial charge < -0.3 is 14.6 Å². The SMILES string of the molecule is O=C(CSCc1noc(C2CCOCC2)n1)Nc1ccccc1. The summed E-state index contributed by atoms with van der Waals surface area (Å²) in [5, 5.41) is 6.84. The number of rotatable bonds is 6. The number of carbonyl (C=O) groups excluding carboxylic acids is 1. The van der Waals surface area contributed by atoms with Gasteiger partial charge in [-0.15, -0.1) is 11.8 Å². The van der Waals surface area contributed by atoms with Crippen molar-refractivity contribution >= 4 is 23.4 Å². The van der Waals surface area contributed by atoms with E-state index in [1.54, 1.807) is 0 Å². The molecule has 3 rings (SSSR count). The molecular weight excluding hydrogens is 314 g/mol. The Hall–Kier alpha value is -1.86. The first kappa shape index (κ1) is 16.0. The largest absolute Gasteiger partial charge is 0.381 e. The van der Waals surface area contributed by atoms with Crippen LogP contribution in [-0.2, 0) is 15.3 Å². The van der Waals surface area contributed by atoms with Gasteiger partial charge in [-0.3, -0.25) is 4.79 Å². The van der Waals surface area contributed by atoms with Crippen LogP contribution in [0.15, 0.2) is 34.9 Å². The first-order chi connectivity index (χ1) is 11.3. The molecule has 0 spiro atoms. The van der Waals surface area contributed by atoms with E-state index in [1.165, 1.54) is 11.8 Å². The van der Waals surface area contributed by atoms with Crippen LogP contribution in [0.5, 0.6) is 0 Å². The number of thioether (sulfide) groups is 1. The minimum Gasteiger partial charge on any atom is -0.381 e. The van der Waals surface area contributed by atoms with Gasteiger partial charge in [0.25, 0.3) is 0 Å². The van der Waals surface area contributed by atoms with Gasteiger partial charge in [0, 0.05) is 24.8 Å². The summed E-state index contributed by atoms with van der Waals surface area (Å²) in [5.74, 6) is 2.53. The third-order valence-electron chi connectivity index (χ3n) is 3.58. The van der Waals surface area contributed by atoms with Gasteiger partial charge >= 0.3 is 0 Å². The van der Waals surface area contributed by atoms with Crippen LogP contribution < -0.4 is 5.32 Å². The molecule has 7 heteroatoms. The number of benzene rings is 1. The molecule has 1 saturated heterocycles. The molecule has 2 heterocycles. The number of aromatic nitrogens is 2. The molecule has 6 nitrogen and oxygen atoms in total. The Kier molecular flexibility index (Phi) is 5.65. The van der Waals surface area contributed by atoms with E-state index in [-0.39, 0.29) is 5.91 Å². The van der Waals surface area contributed by atoms with Gasteiger partial charge in [0.2, 0.25) is 11.8 Å². The van der Waals surface area contributed by atoms with Crippen molar-refractivity contribution in [1.82, 2.24) is 10.1 Å². The summed E-state index contributed by atoms with van der Waals surface area (Å²) in [4.78, 5) is 16.3. The summed E-state index contributed by atoms with van der Waals surface area (Å²) in [5.41, 5.74) is 0.805. The quantitative estimate of drug-likeness (QED) is 0.876. The second-order valence-corrected chi connectivity index (χ2v) is 6.33. The molecule has 1 N–H and O–H groups in total. The molecule has 1 amide bonds. The Morgan fingerprint density at radius 1 is 1.26 bits per heavy atom. The van der Waals surface area contributed by atoms with E-state index in [0.29, 0.717) is 29.1 Å². The Bertz CT molecular complexity index is 627. The third kappa shape index (κ3) is 4.80. The van der Waals surface area contributed by atoms with Crippen LogP contribution in [-0.4, -0.2) is 35.0 Å². The number of nitrogens with one attached hydrogen (secondary N) is 1. The van der Waals surface area contributed by atoms with Crippen molar-refractivity contribution < 1.29 is 14.1 Å². The van der Waals surface area contributed by atoms with Crippen molar-refractivity contribution in [3.63, 3.8) is 0 Å². The van der Waals surface area contributed by atoms with Gasteiger partial charge in [0.1, 0.15) is 0 Å². The highest BCUT2D eigenvalue weighted by atomic mass is 32.2. The van der Waals surface area contributed by atoms with Crippen LogP contribution in [0.4, 0.5) is 5.69 Å². The van der Waals surface area contributed by atoms with Crippen molar-refractivity contribution in [3.05, 3.63) is 42.0 Å². The van der Waals surface area contributed by atoms with E-state index >= 15 is 0 Å².